The normalized spacial score (nSPS) is 25.3. The van der Waals surface area contributed by atoms with Crippen LogP contribution in [0.15, 0.2) is 23.2 Å². The zero-order valence-electron chi connectivity index (χ0n) is 10.2. The summed E-state index contributed by atoms with van der Waals surface area (Å²) in [5, 5.41) is 21.6. The summed E-state index contributed by atoms with van der Waals surface area (Å²) in [4.78, 5) is 0. The van der Waals surface area contributed by atoms with Gasteiger partial charge in [-0.05, 0) is 39.3 Å². The smallest absolute Gasteiger partial charge is 0.152 e. The molecule has 0 aromatic rings. The molecule has 0 aliphatic carbocycles. The summed E-state index contributed by atoms with van der Waals surface area (Å²) >= 11 is 0. The molecule has 0 aromatic heterocycles. The molecule has 0 radical (unpaired) electrons. The van der Waals surface area contributed by atoms with Crippen molar-refractivity contribution in [1.29, 1.82) is 0 Å². The first kappa shape index (κ1) is 14.0. The minimum atomic E-state index is -0.0151. The molecule has 0 aromatic carbocycles. The van der Waals surface area contributed by atoms with Gasteiger partial charge in [0.05, 0.1) is 0 Å². The Morgan fingerprint density at radius 1 is 1.40 bits per heavy atom. The van der Waals surface area contributed by atoms with E-state index in [0.29, 0.717) is 6.04 Å². The van der Waals surface area contributed by atoms with E-state index in [-0.39, 0.29) is 11.5 Å². The van der Waals surface area contributed by atoms with Gasteiger partial charge in [-0.3, -0.25) is 0 Å². The number of aliphatic hydroxyl groups is 2. The van der Waals surface area contributed by atoms with E-state index in [4.69, 9.17) is 5.11 Å². The summed E-state index contributed by atoms with van der Waals surface area (Å²) in [6, 6.07) is 0.465. The lowest BCUT2D eigenvalue weighted by molar-refractivity contribution is 0.338. The van der Waals surface area contributed by atoms with Crippen LogP contribution in [-0.4, -0.2) is 22.8 Å². The Morgan fingerprint density at radius 2 is 2.00 bits per heavy atom. The number of hydrogen-bond acceptors (Lipinski definition) is 3. The Hall–Kier alpha value is -0.960. The molecule has 1 heterocycles. The minimum Gasteiger partial charge on any atom is -0.509 e. The van der Waals surface area contributed by atoms with E-state index in [9.17, 15) is 5.11 Å². The molecule has 3 N–H and O–H groups in total. The monoisotopic (exact) mass is 213 g/mol. The average molecular weight is 213 g/mol. The fourth-order valence-electron chi connectivity index (χ4n) is 1.48. The van der Waals surface area contributed by atoms with Gasteiger partial charge in [0, 0.05) is 6.04 Å². The summed E-state index contributed by atoms with van der Waals surface area (Å²) < 4.78 is 0. The van der Waals surface area contributed by atoms with Crippen LogP contribution in [0, 0.1) is 0 Å². The average Bonchev–Trinajstić information content (AvgIpc) is 2.20. The summed E-state index contributed by atoms with van der Waals surface area (Å²) in [5.74, 6) is -0.0252. The second-order valence-electron chi connectivity index (χ2n) is 3.58. The van der Waals surface area contributed by atoms with Crippen LogP contribution in [0.3, 0.4) is 0 Å². The van der Waals surface area contributed by atoms with Gasteiger partial charge in [-0.1, -0.05) is 19.4 Å². The van der Waals surface area contributed by atoms with Crippen molar-refractivity contribution in [1.82, 2.24) is 5.32 Å². The third kappa shape index (κ3) is 5.47. The van der Waals surface area contributed by atoms with Gasteiger partial charge >= 0.3 is 0 Å². The Bertz CT molecular complexity index is 240. The molecule has 1 unspecified atom stereocenters. The molecule has 1 aliphatic rings. The van der Waals surface area contributed by atoms with E-state index in [1.807, 2.05) is 13.8 Å². The van der Waals surface area contributed by atoms with Gasteiger partial charge in [0.15, 0.2) is 5.76 Å². The van der Waals surface area contributed by atoms with E-state index >= 15 is 0 Å². The van der Waals surface area contributed by atoms with Crippen molar-refractivity contribution in [2.24, 2.45) is 0 Å². The lowest BCUT2D eigenvalue weighted by atomic mass is 9.99. The van der Waals surface area contributed by atoms with Gasteiger partial charge < -0.3 is 15.5 Å². The molecule has 88 valence electrons. The molecule has 15 heavy (non-hydrogen) atoms. The molecular weight excluding hydrogens is 190 g/mol. The Kier molecular flexibility index (Phi) is 6.88. The molecule has 1 atom stereocenters. The highest BCUT2D eigenvalue weighted by Gasteiger charge is 2.11. The predicted octanol–water partition coefficient (Wildman–Crippen LogP) is 3.06. The molecule has 1 rings (SSSR count). The van der Waals surface area contributed by atoms with E-state index in [0.717, 1.165) is 19.4 Å². The van der Waals surface area contributed by atoms with Gasteiger partial charge in [0.2, 0.25) is 0 Å². The Balaban J connectivity index is 0.000000921. The van der Waals surface area contributed by atoms with Crippen molar-refractivity contribution in [3.8, 4) is 0 Å². The molecule has 1 aliphatic heterocycles. The van der Waals surface area contributed by atoms with Crippen LogP contribution in [0.5, 0.6) is 0 Å². The highest BCUT2D eigenvalue weighted by molar-refractivity contribution is 5.21. The summed E-state index contributed by atoms with van der Waals surface area (Å²) in [6.45, 7) is 8.54. The molecule has 3 nitrogen and oxygen atoms in total. The van der Waals surface area contributed by atoms with E-state index in [1.165, 1.54) is 12.5 Å². The second kappa shape index (κ2) is 7.35. The van der Waals surface area contributed by atoms with Crippen LogP contribution < -0.4 is 5.32 Å². The van der Waals surface area contributed by atoms with Crippen LogP contribution in [0.1, 0.15) is 40.5 Å². The van der Waals surface area contributed by atoms with Crippen LogP contribution in [-0.2, 0) is 0 Å². The number of nitrogens with one attached hydrogen (secondary N) is 1. The maximum Gasteiger partial charge on any atom is 0.152 e. The fraction of sp³-hybridized carbons (Fsp3) is 0.667. The molecule has 0 amide bonds. The number of rotatable bonds is 1. The maximum absolute atomic E-state index is 9.30. The first-order chi connectivity index (χ1) is 7.09. The topological polar surface area (TPSA) is 52.5 Å². The zero-order chi connectivity index (χ0) is 11.8. The maximum atomic E-state index is 9.30. The molecular formula is C12H23NO2. The molecule has 0 bridgehead atoms. The van der Waals surface area contributed by atoms with Crippen molar-refractivity contribution < 1.29 is 10.2 Å². The fourth-order valence-corrected chi connectivity index (χ4v) is 1.48. The zero-order valence-corrected chi connectivity index (χ0v) is 10.2. The van der Waals surface area contributed by atoms with Crippen molar-refractivity contribution in [3.63, 3.8) is 0 Å². The van der Waals surface area contributed by atoms with Gasteiger partial charge in [0.1, 0.15) is 5.76 Å². The first-order valence-corrected chi connectivity index (χ1v) is 5.61. The van der Waals surface area contributed by atoms with Gasteiger partial charge in [-0.2, -0.15) is 0 Å². The van der Waals surface area contributed by atoms with Crippen LogP contribution in [0.2, 0.25) is 0 Å². The largest absolute Gasteiger partial charge is 0.509 e. The van der Waals surface area contributed by atoms with Crippen LogP contribution in [0.25, 0.3) is 0 Å². The molecule has 1 fully saturated rings. The number of piperidine rings is 1. The highest BCUT2D eigenvalue weighted by atomic mass is 16.3. The van der Waals surface area contributed by atoms with E-state index < -0.39 is 0 Å². The van der Waals surface area contributed by atoms with Crippen LogP contribution >= 0.6 is 0 Å². The molecule has 1 saturated heterocycles. The van der Waals surface area contributed by atoms with Gasteiger partial charge in [0.25, 0.3) is 0 Å². The summed E-state index contributed by atoms with van der Waals surface area (Å²) in [7, 11) is 0. The van der Waals surface area contributed by atoms with Crippen molar-refractivity contribution >= 4 is 0 Å². The number of hydrogen-bond donors (Lipinski definition) is 3. The SMILES string of the molecule is C/C(O)=C(O)\C=C1\CCNC(C)C1.CC. The lowest BCUT2D eigenvalue weighted by Gasteiger charge is -2.22. The second-order valence-corrected chi connectivity index (χ2v) is 3.58. The van der Waals surface area contributed by atoms with Crippen molar-refractivity contribution in [3.05, 3.63) is 23.2 Å². The molecule has 3 heteroatoms. The van der Waals surface area contributed by atoms with Crippen molar-refractivity contribution in [2.45, 2.75) is 46.6 Å². The van der Waals surface area contributed by atoms with E-state index in [2.05, 4.69) is 12.2 Å². The first-order valence-electron chi connectivity index (χ1n) is 5.61. The van der Waals surface area contributed by atoms with E-state index in [1.54, 1.807) is 6.08 Å². The number of aliphatic hydroxyl groups excluding tert-OH is 2. The predicted molar refractivity (Wildman–Crippen MR) is 64.1 cm³/mol. The van der Waals surface area contributed by atoms with Crippen molar-refractivity contribution in [2.75, 3.05) is 6.54 Å². The summed E-state index contributed by atoms with van der Waals surface area (Å²) in [6.07, 6.45) is 3.56. The Labute approximate surface area is 92.5 Å². The third-order valence-corrected chi connectivity index (χ3v) is 2.22. The van der Waals surface area contributed by atoms with Crippen LogP contribution in [0.4, 0.5) is 0 Å². The summed E-state index contributed by atoms with van der Waals surface area (Å²) in [5.41, 5.74) is 1.19. The molecule has 0 saturated carbocycles. The number of allylic oxidation sites excluding steroid dienone is 2. The lowest BCUT2D eigenvalue weighted by Crippen LogP contribution is -2.32. The minimum absolute atomic E-state index is 0.0101. The standard InChI is InChI=1S/C10H17NO2.C2H6/c1-7-5-9(3-4-11-7)6-10(13)8(2)12;1-2/h6-7,11-13H,3-5H2,1-2H3;1-2H3/b9-6-,10-8-;. The van der Waals surface area contributed by atoms with Gasteiger partial charge in [-0.15, -0.1) is 0 Å². The third-order valence-electron chi connectivity index (χ3n) is 2.22. The van der Waals surface area contributed by atoms with Gasteiger partial charge in [-0.25, -0.2) is 0 Å². The quantitative estimate of drug-likeness (QED) is 0.587. The molecule has 0 spiro atoms. The highest BCUT2D eigenvalue weighted by Crippen LogP contribution is 2.16. The Morgan fingerprint density at radius 3 is 2.47 bits per heavy atom.